The number of aryl methyl sites for hydroxylation is 1. The first-order valence-electron chi connectivity index (χ1n) is 7.93. The van der Waals surface area contributed by atoms with Crippen molar-refractivity contribution >= 4 is 19.4 Å². The van der Waals surface area contributed by atoms with Crippen LogP contribution in [0.4, 0.5) is 0 Å². The molecule has 3 atom stereocenters. The zero-order chi connectivity index (χ0) is 17.7. The van der Waals surface area contributed by atoms with E-state index in [4.69, 9.17) is 0 Å². The number of carbonyl (C=O) groups is 2. The highest BCUT2D eigenvalue weighted by Gasteiger charge is 2.32. The molecule has 1 aliphatic heterocycles. The van der Waals surface area contributed by atoms with Gasteiger partial charge in [-0.05, 0) is 31.7 Å². The standard InChI is InChI=1S/C16H23N2O5P/c1-12(15(19)18-10-5-8-14(18)16(20)21)17-24(22,23)11-9-13-6-3-2-4-7-13/h2-4,6-7,12,14H,5,8-11H2,1H3,(H,20,21)(H2,17,22,23)/p-2/t12-,14-/m0/s1. The van der Waals surface area contributed by atoms with Crippen LogP contribution in [0.25, 0.3) is 0 Å². The number of hydrogen-bond donors (Lipinski definition) is 1. The summed E-state index contributed by atoms with van der Waals surface area (Å²) in [5, 5.41) is 13.4. The Labute approximate surface area is 141 Å². The van der Waals surface area contributed by atoms with Crippen LogP contribution >= 0.6 is 7.52 Å². The van der Waals surface area contributed by atoms with Crippen molar-refractivity contribution in [3.63, 3.8) is 0 Å². The molecule has 1 aromatic rings. The third kappa shape index (κ3) is 4.90. The maximum absolute atomic E-state index is 12.3. The fraction of sp³-hybridized carbons (Fsp3) is 0.500. The Morgan fingerprint density at radius 3 is 2.67 bits per heavy atom. The molecule has 8 heteroatoms. The third-order valence-corrected chi connectivity index (χ3v) is 5.70. The second-order valence-corrected chi connectivity index (χ2v) is 8.04. The lowest BCUT2D eigenvalue weighted by atomic mass is 10.2. The molecule has 0 aromatic heterocycles. The summed E-state index contributed by atoms with van der Waals surface area (Å²) in [6.07, 6.45) is 1.14. The maximum atomic E-state index is 12.3. The molecule has 0 radical (unpaired) electrons. The van der Waals surface area contributed by atoms with Crippen molar-refractivity contribution in [1.82, 2.24) is 9.99 Å². The van der Waals surface area contributed by atoms with Crippen LogP contribution in [0.15, 0.2) is 30.3 Å². The molecule has 1 aliphatic rings. The van der Waals surface area contributed by atoms with E-state index in [9.17, 15) is 24.2 Å². The summed E-state index contributed by atoms with van der Waals surface area (Å²) in [5.41, 5.74) is 0.894. The van der Waals surface area contributed by atoms with Gasteiger partial charge >= 0.3 is 0 Å². The number of nitrogens with one attached hydrogen (secondary N) is 1. The number of likely N-dealkylation sites (tertiary alicyclic amines) is 1. The van der Waals surface area contributed by atoms with Gasteiger partial charge in [-0.1, -0.05) is 30.3 Å². The highest BCUT2D eigenvalue weighted by Crippen LogP contribution is 2.32. The average molecular weight is 352 g/mol. The summed E-state index contributed by atoms with van der Waals surface area (Å²) < 4.78 is 12.2. The van der Waals surface area contributed by atoms with E-state index < -0.39 is 31.5 Å². The highest BCUT2D eigenvalue weighted by molar-refractivity contribution is 7.54. The summed E-state index contributed by atoms with van der Waals surface area (Å²) in [4.78, 5) is 36.7. The zero-order valence-corrected chi connectivity index (χ0v) is 14.4. The number of rotatable bonds is 7. The topological polar surface area (TPSA) is 113 Å². The molecule has 2 rings (SSSR count). The van der Waals surface area contributed by atoms with Crippen LogP contribution in [0.2, 0.25) is 0 Å². The largest absolute Gasteiger partial charge is 0.788 e. The van der Waals surface area contributed by atoms with E-state index in [1.807, 2.05) is 30.3 Å². The van der Waals surface area contributed by atoms with Gasteiger partial charge in [0, 0.05) is 12.7 Å². The summed E-state index contributed by atoms with van der Waals surface area (Å²) in [5.74, 6) is -1.83. The molecule has 1 N–H and O–H groups in total. The van der Waals surface area contributed by atoms with Gasteiger partial charge in [0.05, 0.1) is 25.6 Å². The van der Waals surface area contributed by atoms with Gasteiger partial charge in [-0.25, -0.2) is 0 Å². The Balaban J connectivity index is 1.92. The quantitative estimate of drug-likeness (QED) is 0.662. The molecular formula is C16H21N2O5P-2. The average Bonchev–Trinajstić information content (AvgIpc) is 3.02. The molecule has 24 heavy (non-hydrogen) atoms. The summed E-state index contributed by atoms with van der Waals surface area (Å²) in [6, 6.07) is 7.22. The fourth-order valence-corrected chi connectivity index (χ4v) is 4.24. The molecule has 0 aliphatic carbocycles. The minimum Gasteiger partial charge on any atom is -0.788 e. The van der Waals surface area contributed by atoms with Crippen LogP contribution in [0.1, 0.15) is 25.3 Å². The molecule has 0 spiro atoms. The molecule has 132 valence electrons. The van der Waals surface area contributed by atoms with E-state index >= 15 is 0 Å². The molecule has 0 saturated carbocycles. The molecular weight excluding hydrogens is 331 g/mol. The summed E-state index contributed by atoms with van der Waals surface area (Å²) in [6.45, 7) is 1.73. The smallest absolute Gasteiger partial charge is 0.240 e. The van der Waals surface area contributed by atoms with Gasteiger partial charge in [0.25, 0.3) is 0 Å². The van der Waals surface area contributed by atoms with Gasteiger partial charge in [0.1, 0.15) is 0 Å². The summed E-state index contributed by atoms with van der Waals surface area (Å²) >= 11 is 0. The highest BCUT2D eigenvalue weighted by atomic mass is 31.2. The van der Waals surface area contributed by atoms with Crippen molar-refractivity contribution in [2.75, 3.05) is 12.7 Å². The first kappa shape index (κ1) is 18.6. The SMILES string of the molecule is C[C@H](NP(=O)([O-])CCc1ccccc1)C(=O)N1CCC[C@H]1C(=O)[O-]. The molecule has 1 saturated heterocycles. The lowest BCUT2D eigenvalue weighted by Crippen LogP contribution is -2.52. The van der Waals surface area contributed by atoms with Gasteiger partial charge in [-0.15, -0.1) is 0 Å². The van der Waals surface area contributed by atoms with E-state index in [1.165, 1.54) is 11.8 Å². The second-order valence-electron chi connectivity index (χ2n) is 5.99. The van der Waals surface area contributed by atoms with E-state index in [1.54, 1.807) is 0 Å². The molecule has 1 unspecified atom stereocenters. The van der Waals surface area contributed by atoms with Crippen molar-refractivity contribution in [1.29, 1.82) is 0 Å². The maximum Gasteiger partial charge on any atom is 0.240 e. The molecule has 7 nitrogen and oxygen atoms in total. The molecule has 1 fully saturated rings. The summed E-state index contributed by atoms with van der Waals surface area (Å²) in [7, 11) is -3.96. The Hall–Kier alpha value is -1.69. The fourth-order valence-electron chi connectivity index (χ4n) is 2.86. The van der Waals surface area contributed by atoms with Crippen molar-refractivity contribution in [2.24, 2.45) is 0 Å². The number of nitrogens with zero attached hydrogens (tertiary/aromatic N) is 1. The van der Waals surface area contributed by atoms with Crippen molar-refractivity contribution in [2.45, 2.75) is 38.3 Å². The zero-order valence-electron chi connectivity index (χ0n) is 13.5. The lowest BCUT2D eigenvalue weighted by Gasteiger charge is -2.32. The number of benzene rings is 1. The van der Waals surface area contributed by atoms with E-state index in [2.05, 4.69) is 5.09 Å². The monoisotopic (exact) mass is 352 g/mol. The van der Waals surface area contributed by atoms with E-state index in [-0.39, 0.29) is 6.16 Å². The minimum absolute atomic E-state index is 0.113. The minimum atomic E-state index is -3.96. The van der Waals surface area contributed by atoms with Crippen LogP contribution < -0.4 is 15.1 Å². The Morgan fingerprint density at radius 2 is 2.04 bits per heavy atom. The van der Waals surface area contributed by atoms with Gasteiger partial charge in [0.2, 0.25) is 5.91 Å². The first-order valence-corrected chi connectivity index (χ1v) is 9.74. The predicted octanol–water partition coefficient (Wildman–Crippen LogP) is -0.498. The van der Waals surface area contributed by atoms with Crippen LogP contribution in [0.3, 0.4) is 0 Å². The molecule has 1 amide bonds. The lowest BCUT2D eigenvalue weighted by molar-refractivity contribution is -0.310. The second kappa shape index (κ2) is 7.92. The Bertz CT molecular complexity index is 637. The van der Waals surface area contributed by atoms with Crippen LogP contribution in [0, 0.1) is 0 Å². The van der Waals surface area contributed by atoms with Gasteiger partial charge in [-0.3, -0.25) is 9.88 Å². The van der Waals surface area contributed by atoms with Crippen molar-refractivity contribution in [3.05, 3.63) is 35.9 Å². The third-order valence-electron chi connectivity index (χ3n) is 4.11. The normalized spacial score (nSPS) is 21.2. The number of carboxylic acid groups (broad SMARTS) is 1. The van der Waals surface area contributed by atoms with Crippen LogP contribution in [-0.4, -0.2) is 41.6 Å². The van der Waals surface area contributed by atoms with E-state index in [0.29, 0.717) is 25.8 Å². The van der Waals surface area contributed by atoms with Crippen LogP contribution in [-0.2, 0) is 20.6 Å². The van der Waals surface area contributed by atoms with Crippen molar-refractivity contribution in [3.8, 4) is 0 Å². The van der Waals surface area contributed by atoms with Crippen LogP contribution in [0.5, 0.6) is 0 Å². The Kier molecular flexibility index (Phi) is 6.15. The number of amides is 1. The van der Waals surface area contributed by atoms with E-state index in [0.717, 1.165) is 5.56 Å². The predicted molar refractivity (Wildman–Crippen MR) is 85.0 cm³/mol. The van der Waals surface area contributed by atoms with Crippen molar-refractivity contribution < 1.29 is 24.2 Å². The molecule has 1 aromatic carbocycles. The Morgan fingerprint density at radius 1 is 1.38 bits per heavy atom. The van der Waals surface area contributed by atoms with Gasteiger partial charge < -0.3 is 24.3 Å². The number of carboxylic acids is 1. The first-order chi connectivity index (χ1) is 11.3. The molecule has 1 heterocycles. The van der Waals surface area contributed by atoms with Gasteiger partial charge in [-0.2, -0.15) is 0 Å². The number of aliphatic carboxylic acids is 1. The number of carbonyl (C=O) groups excluding carboxylic acids is 2. The van der Waals surface area contributed by atoms with Gasteiger partial charge in [0.15, 0.2) is 0 Å². The molecule has 0 bridgehead atoms. The number of hydrogen-bond acceptors (Lipinski definition) is 5.